The third kappa shape index (κ3) is 2.22. The summed E-state index contributed by atoms with van der Waals surface area (Å²) in [5.74, 6) is -0.139. The molecule has 0 N–H and O–H groups in total. The lowest BCUT2D eigenvalue weighted by Crippen LogP contribution is -2.12. The van der Waals surface area contributed by atoms with E-state index < -0.39 is 5.97 Å². The molecule has 0 atom stereocenters. The van der Waals surface area contributed by atoms with Crippen LogP contribution in [-0.4, -0.2) is 19.7 Å². The molecule has 0 spiro atoms. The van der Waals surface area contributed by atoms with E-state index in [1.807, 2.05) is 0 Å². The predicted octanol–water partition coefficient (Wildman–Crippen LogP) is 1.14. The van der Waals surface area contributed by atoms with Crippen LogP contribution in [0.4, 0.5) is 0 Å². The number of rotatable bonds is 1. The maximum absolute atomic E-state index is 11.1. The molecule has 1 aliphatic heterocycles. The molecule has 1 rings (SSSR count). The van der Waals surface area contributed by atoms with Crippen LogP contribution in [0.15, 0.2) is 11.3 Å². The fourth-order valence-corrected chi connectivity index (χ4v) is 1.18. The van der Waals surface area contributed by atoms with Gasteiger partial charge < -0.3 is 9.47 Å². The highest BCUT2D eigenvalue weighted by Crippen LogP contribution is 2.20. The zero-order chi connectivity index (χ0) is 9.68. The van der Waals surface area contributed by atoms with Gasteiger partial charge in [0.1, 0.15) is 11.8 Å². The molecule has 0 aromatic carbocycles. The quantitative estimate of drug-likeness (QED) is 0.345. The number of nitrogens with zero attached hydrogens (tertiary/aromatic N) is 1. The summed E-state index contributed by atoms with van der Waals surface area (Å²) in [4.78, 5) is 11.1. The molecule has 0 aromatic rings. The fraction of sp³-hybridized carbons (Fsp3) is 0.556. The minimum absolute atomic E-state index is 0.00204. The van der Waals surface area contributed by atoms with E-state index in [0.717, 1.165) is 12.8 Å². The van der Waals surface area contributed by atoms with Crippen LogP contribution >= 0.6 is 0 Å². The number of ether oxygens (including phenoxy) is 2. The average Bonchev–Trinajstić information content (AvgIpc) is 2.20. The second kappa shape index (κ2) is 4.51. The van der Waals surface area contributed by atoms with E-state index >= 15 is 0 Å². The van der Waals surface area contributed by atoms with Crippen LogP contribution in [0.25, 0.3) is 0 Å². The summed E-state index contributed by atoms with van der Waals surface area (Å²) in [5, 5.41) is 8.69. The summed E-state index contributed by atoms with van der Waals surface area (Å²) in [6.07, 6.45) is 2.58. The Labute approximate surface area is 76.7 Å². The van der Waals surface area contributed by atoms with E-state index in [0.29, 0.717) is 18.8 Å². The lowest BCUT2D eigenvalue weighted by atomic mass is 10.1. The zero-order valence-corrected chi connectivity index (χ0v) is 7.50. The summed E-state index contributed by atoms with van der Waals surface area (Å²) in [6, 6.07) is 1.80. The van der Waals surface area contributed by atoms with Gasteiger partial charge in [0.2, 0.25) is 0 Å². The van der Waals surface area contributed by atoms with Crippen molar-refractivity contribution >= 4 is 5.97 Å². The van der Waals surface area contributed by atoms with Crippen LogP contribution in [0, 0.1) is 11.3 Å². The molecule has 1 aliphatic rings. The molecule has 0 bridgehead atoms. The largest absolute Gasteiger partial charge is 0.496 e. The normalized spacial score (nSPS) is 19.7. The van der Waals surface area contributed by atoms with E-state index in [1.54, 1.807) is 6.07 Å². The smallest absolute Gasteiger partial charge is 0.352 e. The number of esters is 1. The molecule has 4 heteroatoms. The monoisotopic (exact) mass is 181 g/mol. The Balaban J connectivity index is 2.84. The highest BCUT2D eigenvalue weighted by atomic mass is 16.5. The van der Waals surface area contributed by atoms with Gasteiger partial charge in [-0.05, 0) is 12.8 Å². The van der Waals surface area contributed by atoms with Crippen LogP contribution < -0.4 is 0 Å². The minimum atomic E-state index is -0.612. The topological polar surface area (TPSA) is 59.3 Å². The number of methoxy groups -OCH3 is 1. The Kier molecular flexibility index (Phi) is 3.32. The van der Waals surface area contributed by atoms with Gasteiger partial charge in [0.25, 0.3) is 0 Å². The molecule has 1 saturated heterocycles. The Morgan fingerprint density at radius 3 is 2.85 bits per heavy atom. The van der Waals surface area contributed by atoms with Crippen molar-refractivity contribution < 1.29 is 14.3 Å². The van der Waals surface area contributed by atoms with Crippen LogP contribution in [0.5, 0.6) is 0 Å². The molecule has 0 amide bonds. The van der Waals surface area contributed by atoms with E-state index in [-0.39, 0.29) is 5.57 Å². The predicted molar refractivity (Wildman–Crippen MR) is 44.5 cm³/mol. The SMILES string of the molecule is COC(=O)C(C#N)=C1CCCCO1. The van der Waals surface area contributed by atoms with Gasteiger partial charge in [-0.3, -0.25) is 0 Å². The average molecular weight is 181 g/mol. The third-order valence-electron chi connectivity index (χ3n) is 1.85. The van der Waals surface area contributed by atoms with Crippen molar-refractivity contribution in [2.24, 2.45) is 0 Å². The van der Waals surface area contributed by atoms with Crippen LogP contribution in [0.3, 0.4) is 0 Å². The van der Waals surface area contributed by atoms with E-state index in [9.17, 15) is 4.79 Å². The second-order valence-corrected chi connectivity index (χ2v) is 2.71. The molecule has 4 nitrogen and oxygen atoms in total. The van der Waals surface area contributed by atoms with E-state index in [4.69, 9.17) is 10.00 Å². The van der Waals surface area contributed by atoms with Gasteiger partial charge in [0.15, 0.2) is 5.57 Å². The first-order chi connectivity index (χ1) is 6.29. The van der Waals surface area contributed by atoms with Crippen LogP contribution in [-0.2, 0) is 14.3 Å². The second-order valence-electron chi connectivity index (χ2n) is 2.71. The van der Waals surface area contributed by atoms with E-state index in [1.165, 1.54) is 7.11 Å². The van der Waals surface area contributed by atoms with Crippen molar-refractivity contribution in [3.8, 4) is 6.07 Å². The van der Waals surface area contributed by atoms with Gasteiger partial charge in [-0.25, -0.2) is 4.79 Å². The summed E-state index contributed by atoms with van der Waals surface area (Å²) < 4.78 is 9.67. The highest BCUT2D eigenvalue weighted by molar-refractivity contribution is 5.93. The molecule has 1 heterocycles. The molecular weight excluding hydrogens is 170 g/mol. The summed E-state index contributed by atoms with van der Waals surface area (Å²) >= 11 is 0. The van der Waals surface area contributed by atoms with Crippen LogP contribution in [0.2, 0.25) is 0 Å². The standard InChI is InChI=1S/C9H11NO3/c1-12-9(11)7(6-10)8-4-2-3-5-13-8/h2-5H2,1H3. The molecular formula is C9H11NO3. The van der Waals surface area contributed by atoms with Crippen molar-refractivity contribution in [3.63, 3.8) is 0 Å². The van der Waals surface area contributed by atoms with Gasteiger partial charge in [0, 0.05) is 6.42 Å². The number of hydrogen-bond acceptors (Lipinski definition) is 4. The number of hydrogen-bond donors (Lipinski definition) is 0. The molecule has 0 unspecified atom stereocenters. The maximum atomic E-state index is 11.1. The summed E-state index contributed by atoms with van der Waals surface area (Å²) in [6.45, 7) is 0.581. The van der Waals surface area contributed by atoms with Gasteiger partial charge >= 0.3 is 5.97 Å². The first-order valence-corrected chi connectivity index (χ1v) is 4.14. The number of allylic oxidation sites excluding steroid dienone is 1. The summed E-state index contributed by atoms with van der Waals surface area (Å²) in [7, 11) is 1.25. The summed E-state index contributed by atoms with van der Waals surface area (Å²) in [5.41, 5.74) is 0.00204. The first kappa shape index (κ1) is 9.59. The van der Waals surface area contributed by atoms with Crippen molar-refractivity contribution in [2.45, 2.75) is 19.3 Å². The number of carbonyl (C=O) groups excluding carboxylic acids is 1. The highest BCUT2D eigenvalue weighted by Gasteiger charge is 2.19. The van der Waals surface area contributed by atoms with Gasteiger partial charge in [-0.15, -0.1) is 0 Å². The molecule has 0 aliphatic carbocycles. The molecule has 70 valence electrons. The Morgan fingerprint density at radius 2 is 2.38 bits per heavy atom. The zero-order valence-electron chi connectivity index (χ0n) is 7.50. The lowest BCUT2D eigenvalue weighted by molar-refractivity contribution is -0.135. The molecule has 0 saturated carbocycles. The van der Waals surface area contributed by atoms with Crippen molar-refractivity contribution in [3.05, 3.63) is 11.3 Å². The maximum Gasteiger partial charge on any atom is 0.352 e. The molecule has 0 aromatic heterocycles. The van der Waals surface area contributed by atoms with Gasteiger partial charge in [0.05, 0.1) is 13.7 Å². The Morgan fingerprint density at radius 1 is 1.62 bits per heavy atom. The number of carbonyl (C=O) groups is 1. The Bertz CT molecular complexity index is 267. The van der Waals surface area contributed by atoms with Crippen molar-refractivity contribution in [1.82, 2.24) is 0 Å². The number of nitriles is 1. The molecule has 1 fully saturated rings. The van der Waals surface area contributed by atoms with Crippen molar-refractivity contribution in [1.29, 1.82) is 5.26 Å². The third-order valence-corrected chi connectivity index (χ3v) is 1.85. The van der Waals surface area contributed by atoms with Gasteiger partial charge in [-0.1, -0.05) is 0 Å². The Hall–Kier alpha value is -1.50. The molecule has 13 heavy (non-hydrogen) atoms. The van der Waals surface area contributed by atoms with E-state index in [2.05, 4.69) is 4.74 Å². The first-order valence-electron chi connectivity index (χ1n) is 4.14. The molecule has 0 radical (unpaired) electrons. The minimum Gasteiger partial charge on any atom is -0.496 e. The fourth-order valence-electron chi connectivity index (χ4n) is 1.18. The van der Waals surface area contributed by atoms with Crippen LogP contribution in [0.1, 0.15) is 19.3 Å². The lowest BCUT2D eigenvalue weighted by Gasteiger charge is -2.16. The van der Waals surface area contributed by atoms with Crippen molar-refractivity contribution in [2.75, 3.05) is 13.7 Å². The van der Waals surface area contributed by atoms with Gasteiger partial charge in [-0.2, -0.15) is 5.26 Å².